The van der Waals surface area contributed by atoms with Gasteiger partial charge in [0.05, 0.1) is 11.4 Å². The van der Waals surface area contributed by atoms with E-state index in [2.05, 4.69) is 42.7 Å². The van der Waals surface area contributed by atoms with Crippen molar-refractivity contribution in [3.05, 3.63) is 22.5 Å². The highest BCUT2D eigenvalue weighted by Gasteiger charge is 2.44. The van der Waals surface area contributed by atoms with E-state index in [1.54, 1.807) is 11.1 Å². The number of aromatic nitrogens is 3. The highest BCUT2D eigenvalue weighted by Crippen LogP contribution is 2.53. The second kappa shape index (κ2) is 4.22. The Kier molecular flexibility index (Phi) is 2.80. The number of fused-ring (bicyclic) bond motifs is 2. The van der Waals surface area contributed by atoms with Gasteiger partial charge in [-0.3, -0.25) is 0 Å². The Morgan fingerprint density at radius 3 is 2.44 bits per heavy atom. The van der Waals surface area contributed by atoms with E-state index in [9.17, 15) is 0 Å². The van der Waals surface area contributed by atoms with Crippen molar-refractivity contribution >= 4 is 0 Å². The summed E-state index contributed by atoms with van der Waals surface area (Å²) >= 11 is 0. The fraction of sp³-hybridized carbons (Fsp3) is 0.733. The van der Waals surface area contributed by atoms with Crippen molar-refractivity contribution in [2.24, 2.45) is 11.8 Å². The molecular weight excluding hydrogens is 222 g/mol. The van der Waals surface area contributed by atoms with Gasteiger partial charge in [0.15, 0.2) is 0 Å². The van der Waals surface area contributed by atoms with E-state index in [1.807, 2.05) is 0 Å². The molecule has 0 spiro atoms. The molecule has 0 aliphatic heterocycles. The second-order valence-corrected chi connectivity index (χ2v) is 6.27. The summed E-state index contributed by atoms with van der Waals surface area (Å²) in [6, 6.07) is 0.429. The molecular formula is C15H23N3. The first-order valence-electron chi connectivity index (χ1n) is 7.19. The molecule has 2 aliphatic rings. The first kappa shape index (κ1) is 11.9. The van der Waals surface area contributed by atoms with E-state index in [-0.39, 0.29) is 0 Å². The summed E-state index contributed by atoms with van der Waals surface area (Å²) in [5, 5.41) is 8.73. The first-order chi connectivity index (χ1) is 8.59. The number of allylic oxidation sites excluding steroid dienone is 2. The van der Waals surface area contributed by atoms with Crippen LogP contribution in [0.5, 0.6) is 0 Å². The van der Waals surface area contributed by atoms with Gasteiger partial charge in [-0.15, -0.1) is 5.10 Å². The molecule has 1 aromatic rings. The minimum absolute atomic E-state index is 0.429. The van der Waals surface area contributed by atoms with Crippen LogP contribution in [0.25, 0.3) is 0 Å². The van der Waals surface area contributed by atoms with E-state index >= 15 is 0 Å². The Labute approximate surface area is 109 Å². The minimum Gasteiger partial charge on any atom is -0.247 e. The maximum absolute atomic E-state index is 4.40. The van der Waals surface area contributed by atoms with Crippen LogP contribution >= 0.6 is 0 Å². The molecule has 0 N–H and O–H groups in total. The Balaban J connectivity index is 1.86. The number of aryl methyl sites for hydroxylation is 1. The quantitative estimate of drug-likeness (QED) is 0.711. The fourth-order valence-corrected chi connectivity index (χ4v) is 3.63. The number of nitrogens with zero attached hydrogens (tertiary/aromatic N) is 3. The van der Waals surface area contributed by atoms with Crippen LogP contribution < -0.4 is 0 Å². The molecule has 98 valence electrons. The lowest BCUT2D eigenvalue weighted by Crippen LogP contribution is -2.10. The lowest BCUT2D eigenvalue weighted by Gasteiger charge is -2.12. The van der Waals surface area contributed by atoms with Crippen LogP contribution in [-0.4, -0.2) is 15.0 Å². The molecule has 1 heterocycles. The van der Waals surface area contributed by atoms with Crippen LogP contribution in [-0.2, 0) is 12.8 Å². The van der Waals surface area contributed by atoms with Crippen LogP contribution in [0.3, 0.4) is 0 Å². The molecule has 18 heavy (non-hydrogen) atoms. The van der Waals surface area contributed by atoms with Crippen molar-refractivity contribution in [3.8, 4) is 0 Å². The molecule has 2 unspecified atom stereocenters. The summed E-state index contributed by atoms with van der Waals surface area (Å²) in [6.07, 6.45) is 4.83. The van der Waals surface area contributed by atoms with Crippen molar-refractivity contribution in [1.82, 2.24) is 15.0 Å². The number of hydrogen-bond acceptors (Lipinski definition) is 2. The molecule has 3 nitrogen and oxygen atoms in total. The van der Waals surface area contributed by atoms with Crippen molar-refractivity contribution in [2.45, 2.75) is 59.4 Å². The van der Waals surface area contributed by atoms with Crippen molar-refractivity contribution in [1.29, 1.82) is 0 Å². The zero-order chi connectivity index (χ0) is 12.9. The molecule has 1 aromatic heterocycles. The van der Waals surface area contributed by atoms with Gasteiger partial charge in [0, 0.05) is 6.04 Å². The van der Waals surface area contributed by atoms with Gasteiger partial charge < -0.3 is 0 Å². The predicted molar refractivity (Wildman–Crippen MR) is 72.4 cm³/mol. The highest BCUT2D eigenvalue weighted by molar-refractivity contribution is 5.35. The monoisotopic (exact) mass is 245 g/mol. The van der Waals surface area contributed by atoms with E-state index in [0.717, 1.165) is 24.7 Å². The SMILES string of the molecule is CC(C)=C1C2CCc3nnn(C(C)C)c3CCC12. The summed E-state index contributed by atoms with van der Waals surface area (Å²) in [6.45, 7) is 8.91. The van der Waals surface area contributed by atoms with Gasteiger partial charge in [-0.25, -0.2) is 4.68 Å². The van der Waals surface area contributed by atoms with Crippen LogP contribution in [0, 0.1) is 11.8 Å². The summed E-state index contributed by atoms with van der Waals surface area (Å²) < 4.78 is 2.13. The lowest BCUT2D eigenvalue weighted by atomic mass is 10.0. The zero-order valence-electron chi connectivity index (χ0n) is 11.9. The fourth-order valence-electron chi connectivity index (χ4n) is 3.63. The van der Waals surface area contributed by atoms with Crippen LogP contribution in [0.2, 0.25) is 0 Å². The van der Waals surface area contributed by atoms with Gasteiger partial charge in [-0.1, -0.05) is 16.4 Å². The number of rotatable bonds is 1. The average Bonchev–Trinajstić information content (AvgIpc) is 2.81. The molecule has 0 amide bonds. The third-order valence-corrected chi connectivity index (χ3v) is 4.50. The highest BCUT2D eigenvalue weighted by atomic mass is 15.4. The lowest BCUT2D eigenvalue weighted by molar-refractivity contribution is 0.482. The molecule has 1 saturated carbocycles. The van der Waals surface area contributed by atoms with Gasteiger partial charge in [0.1, 0.15) is 0 Å². The smallest absolute Gasteiger partial charge is 0.0859 e. The summed E-state index contributed by atoms with van der Waals surface area (Å²) in [5.74, 6) is 1.71. The van der Waals surface area contributed by atoms with E-state index in [0.29, 0.717) is 6.04 Å². The van der Waals surface area contributed by atoms with Crippen LogP contribution in [0.15, 0.2) is 11.1 Å². The van der Waals surface area contributed by atoms with Crippen molar-refractivity contribution in [2.75, 3.05) is 0 Å². The van der Waals surface area contributed by atoms with Gasteiger partial charge >= 0.3 is 0 Å². The Morgan fingerprint density at radius 2 is 1.83 bits per heavy atom. The van der Waals surface area contributed by atoms with Gasteiger partial charge in [-0.05, 0) is 65.2 Å². The predicted octanol–water partition coefficient (Wildman–Crippen LogP) is 3.32. The molecule has 0 saturated heterocycles. The molecule has 0 aromatic carbocycles. The minimum atomic E-state index is 0.429. The molecule has 3 rings (SSSR count). The molecule has 2 atom stereocenters. The van der Waals surface area contributed by atoms with E-state index in [1.165, 1.54) is 24.2 Å². The molecule has 3 heteroatoms. The third kappa shape index (κ3) is 1.80. The molecule has 0 bridgehead atoms. The molecule has 0 radical (unpaired) electrons. The summed E-state index contributed by atoms with van der Waals surface area (Å²) in [7, 11) is 0. The van der Waals surface area contributed by atoms with Crippen LogP contribution in [0.1, 0.15) is 58.0 Å². The Morgan fingerprint density at radius 1 is 1.17 bits per heavy atom. The third-order valence-electron chi connectivity index (χ3n) is 4.50. The standard InChI is InChI=1S/C15H23N3/c1-9(2)15-11-5-7-13-14(8-6-12(11)15)18(10(3)4)17-16-13/h10-12H,5-8H2,1-4H3. The van der Waals surface area contributed by atoms with Gasteiger partial charge in [0.25, 0.3) is 0 Å². The molecule has 1 fully saturated rings. The molecule has 2 aliphatic carbocycles. The summed E-state index contributed by atoms with van der Waals surface area (Å²) in [4.78, 5) is 0. The number of hydrogen-bond donors (Lipinski definition) is 0. The van der Waals surface area contributed by atoms with E-state index in [4.69, 9.17) is 0 Å². The topological polar surface area (TPSA) is 30.7 Å². The Hall–Kier alpha value is -1.12. The zero-order valence-corrected chi connectivity index (χ0v) is 11.9. The second-order valence-electron chi connectivity index (χ2n) is 6.27. The maximum atomic E-state index is 4.40. The summed E-state index contributed by atoms with van der Waals surface area (Å²) in [5.41, 5.74) is 5.93. The van der Waals surface area contributed by atoms with Crippen LogP contribution in [0.4, 0.5) is 0 Å². The first-order valence-corrected chi connectivity index (χ1v) is 7.19. The van der Waals surface area contributed by atoms with Crippen molar-refractivity contribution in [3.63, 3.8) is 0 Å². The van der Waals surface area contributed by atoms with E-state index < -0.39 is 0 Å². The average molecular weight is 245 g/mol. The maximum Gasteiger partial charge on any atom is 0.0859 e. The Bertz CT molecular complexity index is 492. The normalized spacial score (nSPS) is 26.4. The van der Waals surface area contributed by atoms with Crippen molar-refractivity contribution < 1.29 is 0 Å². The van der Waals surface area contributed by atoms with Gasteiger partial charge in [0.2, 0.25) is 0 Å². The largest absolute Gasteiger partial charge is 0.247 e. The van der Waals surface area contributed by atoms with Gasteiger partial charge in [-0.2, -0.15) is 0 Å².